The summed E-state index contributed by atoms with van der Waals surface area (Å²) in [5.74, 6) is 0.364. The smallest absolute Gasteiger partial charge is 0.242 e. The van der Waals surface area contributed by atoms with Crippen molar-refractivity contribution in [3.63, 3.8) is 0 Å². The molecule has 5 nitrogen and oxygen atoms in total. The molecule has 0 aromatic heterocycles. The van der Waals surface area contributed by atoms with Gasteiger partial charge in [0.25, 0.3) is 0 Å². The number of likely N-dealkylation sites (tertiary alicyclic amines) is 1. The molecule has 0 unspecified atom stereocenters. The van der Waals surface area contributed by atoms with Crippen molar-refractivity contribution in [3.05, 3.63) is 25.8 Å². The van der Waals surface area contributed by atoms with Crippen molar-refractivity contribution in [1.82, 2.24) is 10.2 Å². The summed E-state index contributed by atoms with van der Waals surface area (Å²) in [4.78, 5) is 36.4. The van der Waals surface area contributed by atoms with Gasteiger partial charge in [0.1, 0.15) is 0 Å². The average Bonchev–Trinajstić information content (AvgIpc) is 3.19. The van der Waals surface area contributed by atoms with Gasteiger partial charge in [-0.2, -0.15) is 0 Å². The molecule has 0 bridgehead atoms. The van der Waals surface area contributed by atoms with Gasteiger partial charge < -0.3 is 10.2 Å². The number of nitrogens with zero attached hydrogens (tertiary/aromatic N) is 1. The monoisotopic (exact) mass is 324 g/mol. The second kappa shape index (κ2) is 11.6. The summed E-state index contributed by atoms with van der Waals surface area (Å²) in [5, 5.41) is 2.65. The molecule has 23 heavy (non-hydrogen) atoms. The zero-order valence-electron chi connectivity index (χ0n) is 14.5. The van der Waals surface area contributed by atoms with Crippen LogP contribution in [0, 0.1) is 5.92 Å². The molecule has 1 atom stereocenters. The van der Waals surface area contributed by atoms with E-state index in [1.54, 1.807) is 11.0 Å². The van der Waals surface area contributed by atoms with Gasteiger partial charge in [-0.15, -0.1) is 19.7 Å². The molecular formula is C18H32N2O3. The first-order valence-corrected chi connectivity index (χ1v) is 8.13. The molecule has 132 valence electrons. The van der Waals surface area contributed by atoms with Crippen LogP contribution in [0.1, 0.15) is 47.4 Å². The van der Waals surface area contributed by atoms with Crippen LogP contribution in [0.2, 0.25) is 0 Å². The van der Waals surface area contributed by atoms with Crippen LogP contribution in [-0.2, 0) is 14.4 Å². The van der Waals surface area contributed by atoms with Crippen molar-refractivity contribution in [3.8, 4) is 0 Å². The van der Waals surface area contributed by atoms with Crippen LogP contribution < -0.4 is 5.32 Å². The molecule has 0 aromatic rings. The summed E-state index contributed by atoms with van der Waals surface area (Å²) in [5.41, 5.74) is 0. The van der Waals surface area contributed by atoms with Gasteiger partial charge in [0.2, 0.25) is 11.8 Å². The Morgan fingerprint density at radius 2 is 1.83 bits per heavy atom. The fourth-order valence-corrected chi connectivity index (χ4v) is 2.42. The molecule has 5 heteroatoms. The highest BCUT2D eigenvalue weighted by Gasteiger charge is 2.32. The van der Waals surface area contributed by atoms with E-state index >= 15 is 0 Å². The van der Waals surface area contributed by atoms with Crippen LogP contribution in [0.25, 0.3) is 0 Å². The highest BCUT2D eigenvalue weighted by Crippen LogP contribution is 2.32. The Labute approximate surface area is 141 Å². The van der Waals surface area contributed by atoms with Crippen molar-refractivity contribution >= 4 is 17.6 Å². The topological polar surface area (TPSA) is 66.5 Å². The Morgan fingerprint density at radius 3 is 2.30 bits per heavy atom. The first kappa shape index (κ1) is 21.1. The number of allylic oxidation sites excluding steroid dienone is 1. The first-order chi connectivity index (χ1) is 11.0. The molecule has 0 spiro atoms. The molecule has 1 saturated carbocycles. The number of hydrogen-bond acceptors (Lipinski definition) is 3. The van der Waals surface area contributed by atoms with Crippen LogP contribution in [0.5, 0.6) is 0 Å². The minimum atomic E-state index is -0.280. The van der Waals surface area contributed by atoms with Crippen molar-refractivity contribution in [2.75, 3.05) is 13.1 Å². The standard InChI is InChI=1S/C13H20N2O3.C3H6.C2H4.H2/c1-9(16)11-3-2-6-15(11)13(18)8-14-12(17)7-10-4-5-10;1-3-2;1-2;/h10-11H,2-8H2,1H3,(H,14,17);3H,1H2,2H3;1-2H2;1H/t11-;;;/m0.../s1. The normalized spacial score (nSPS) is 18.7. The lowest BCUT2D eigenvalue weighted by atomic mass is 10.1. The van der Waals surface area contributed by atoms with Gasteiger partial charge in [0, 0.05) is 14.4 Å². The van der Waals surface area contributed by atoms with E-state index in [0.29, 0.717) is 18.9 Å². The molecule has 2 fully saturated rings. The van der Waals surface area contributed by atoms with Gasteiger partial charge in [0.15, 0.2) is 5.78 Å². The van der Waals surface area contributed by atoms with Crippen LogP contribution in [0.15, 0.2) is 25.8 Å². The number of rotatable bonds is 5. The van der Waals surface area contributed by atoms with Gasteiger partial charge in [-0.25, -0.2) is 0 Å². The number of carbonyl (C=O) groups excluding carboxylic acids is 3. The summed E-state index contributed by atoms with van der Waals surface area (Å²) in [6.45, 7) is 13.4. The molecule has 2 amide bonds. The fraction of sp³-hybridized carbons (Fsp3) is 0.611. The highest BCUT2D eigenvalue weighted by atomic mass is 16.2. The molecule has 1 saturated heterocycles. The number of ketones is 1. The Bertz CT molecular complexity index is 422. The largest absolute Gasteiger partial charge is 0.347 e. The van der Waals surface area contributed by atoms with Crippen molar-refractivity contribution in [2.45, 2.75) is 52.0 Å². The number of carbonyl (C=O) groups is 3. The molecule has 0 radical (unpaired) electrons. The summed E-state index contributed by atoms with van der Waals surface area (Å²) >= 11 is 0. The van der Waals surface area contributed by atoms with Gasteiger partial charge in [0.05, 0.1) is 12.6 Å². The van der Waals surface area contributed by atoms with Crippen LogP contribution in [-0.4, -0.2) is 41.6 Å². The molecule has 0 aromatic carbocycles. The highest BCUT2D eigenvalue weighted by molar-refractivity contribution is 5.90. The third-order valence-corrected chi connectivity index (χ3v) is 3.65. The summed E-state index contributed by atoms with van der Waals surface area (Å²) < 4.78 is 0. The van der Waals surface area contributed by atoms with Crippen molar-refractivity contribution in [1.29, 1.82) is 0 Å². The third kappa shape index (κ3) is 8.33. The lowest BCUT2D eigenvalue weighted by Gasteiger charge is -2.22. The lowest BCUT2D eigenvalue weighted by molar-refractivity contribution is -0.137. The molecule has 2 rings (SSSR count). The zero-order valence-corrected chi connectivity index (χ0v) is 14.5. The number of nitrogens with one attached hydrogen (secondary N) is 1. The van der Waals surface area contributed by atoms with E-state index in [0.717, 1.165) is 25.7 Å². The van der Waals surface area contributed by atoms with E-state index in [4.69, 9.17) is 0 Å². The zero-order chi connectivity index (χ0) is 17.8. The molecule has 1 aliphatic carbocycles. The molecule has 1 aliphatic heterocycles. The third-order valence-electron chi connectivity index (χ3n) is 3.65. The Hall–Kier alpha value is -1.91. The van der Waals surface area contributed by atoms with Gasteiger partial charge in [-0.1, -0.05) is 6.08 Å². The lowest BCUT2D eigenvalue weighted by Crippen LogP contribution is -2.45. The SMILES string of the molecule is C=C.C=CC.CC(=O)[C@@H]1CCCN1C(=O)CNC(=O)CC1CC1.[HH]. The second-order valence-corrected chi connectivity index (χ2v) is 5.69. The minimum Gasteiger partial charge on any atom is -0.347 e. The van der Waals surface area contributed by atoms with Crippen molar-refractivity contribution in [2.24, 2.45) is 5.92 Å². The van der Waals surface area contributed by atoms with Gasteiger partial charge in [-0.05, 0) is 45.4 Å². The van der Waals surface area contributed by atoms with Crippen LogP contribution >= 0.6 is 0 Å². The minimum absolute atomic E-state index is 0. The summed E-state index contributed by atoms with van der Waals surface area (Å²) in [6, 6.07) is -0.280. The maximum atomic E-state index is 11.9. The van der Waals surface area contributed by atoms with E-state index in [-0.39, 0.29) is 31.6 Å². The summed E-state index contributed by atoms with van der Waals surface area (Å²) in [7, 11) is 0. The van der Waals surface area contributed by atoms with Crippen molar-refractivity contribution < 1.29 is 15.8 Å². The van der Waals surface area contributed by atoms with Gasteiger partial charge in [-0.3, -0.25) is 14.4 Å². The maximum Gasteiger partial charge on any atom is 0.242 e. The summed E-state index contributed by atoms with van der Waals surface area (Å²) in [6.07, 6.45) is 6.15. The Morgan fingerprint density at radius 1 is 1.26 bits per heavy atom. The predicted molar refractivity (Wildman–Crippen MR) is 95.0 cm³/mol. The molecular weight excluding hydrogens is 292 g/mol. The Balaban J connectivity index is 0. The maximum absolute atomic E-state index is 11.9. The molecule has 1 heterocycles. The van der Waals surface area contributed by atoms with Crippen LogP contribution in [0.4, 0.5) is 0 Å². The van der Waals surface area contributed by atoms with Crippen LogP contribution in [0.3, 0.4) is 0 Å². The number of amides is 2. The fourth-order valence-electron chi connectivity index (χ4n) is 2.42. The van der Waals surface area contributed by atoms with E-state index in [1.807, 2.05) is 6.92 Å². The van der Waals surface area contributed by atoms with Gasteiger partial charge >= 0.3 is 0 Å². The molecule has 1 N–H and O–H groups in total. The quantitative estimate of drug-likeness (QED) is 0.791. The van der Waals surface area contributed by atoms with E-state index in [9.17, 15) is 14.4 Å². The van der Waals surface area contributed by atoms with E-state index in [2.05, 4.69) is 25.1 Å². The molecule has 2 aliphatic rings. The average molecular weight is 324 g/mol. The second-order valence-electron chi connectivity index (χ2n) is 5.69. The Kier molecular flexibility index (Phi) is 10.7. The van der Waals surface area contributed by atoms with E-state index in [1.165, 1.54) is 6.92 Å². The predicted octanol–water partition coefficient (Wildman–Crippen LogP) is 2.72. The first-order valence-electron chi connectivity index (χ1n) is 8.13. The number of Topliss-reactive ketones (excluding diaryl/α,β-unsaturated/α-hetero) is 1. The van der Waals surface area contributed by atoms with E-state index < -0.39 is 0 Å². The number of hydrogen-bond donors (Lipinski definition) is 1.